The lowest BCUT2D eigenvalue weighted by Crippen LogP contribution is -2.49. The molecule has 4 heterocycles. The molecule has 1 N–H and O–H groups in total. The van der Waals surface area contributed by atoms with Crippen LogP contribution in [0.15, 0.2) is 67.0 Å². The zero-order valence-corrected chi connectivity index (χ0v) is 20.2. The molecule has 0 atom stereocenters. The summed E-state index contributed by atoms with van der Waals surface area (Å²) in [7, 11) is 2.07. The first kappa shape index (κ1) is 22.1. The Balaban J connectivity index is 1.12. The number of hydrogen-bond acceptors (Lipinski definition) is 6. The van der Waals surface area contributed by atoms with E-state index in [2.05, 4.69) is 86.4 Å². The minimum atomic E-state index is 0.606. The Morgan fingerprint density at radius 3 is 2.49 bits per heavy atom. The van der Waals surface area contributed by atoms with E-state index < -0.39 is 0 Å². The van der Waals surface area contributed by atoms with Crippen LogP contribution in [0, 0.1) is 0 Å². The van der Waals surface area contributed by atoms with E-state index in [1.165, 1.54) is 29.4 Å². The number of fused-ring (bicyclic) bond motifs is 1. The van der Waals surface area contributed by atoms with Crippen LogP contribution < -0.4 is 10.2 Å². The third-order valence-corrected chi connectivity index (χ3v) is 7.34. The van der Waals surface area contributed by atoms with Gasteiger partial charge in [-0.3, -0.25) is 4.90 Å². The highest BCUT2D eigenvalue weighted by atomic mass is 16.5. The van der Waals surface area contributed by atoms with Gasteiger partial charge in [-0.2, -0.15) is 0 Å². The molecule has 4 aromatic rings. The van der Waals surface area contributed by atoms with Crippen LogP contribution in [0.4, 0.5) is 17.3 Å². The molecule has 2 fully saturated rings. The molecule has 2 aliphatic rings. The minimum absolute atomic E-state index is 0.606. The highest BCUT2D eigenvalue weighted by molar-refractivity contribution is 5.95. The molecule has 6 rings (SSSR count). The van der Waals surface area contributed by atoms with Gasteiger partial charge in [0.2, 0.25) is 5.95 Å². The number of piperidine rings is 1. The Labute approximate surface area is 206 Å². The lowest BCUT2D eigenvalue weighted by Gasteiger charge is -2.40. The summed E-state index contributed by atoms with van der Waals surface area (Å²) in [5.41, 5.74) is 5.50. The average Bonchev–Trinajstić information content (AvgIpc) is 3.26. The van der Waals surface area contributed by atoms with Crippen molar-refractivity contribution in [1.82, 2.24) is 19.4 Å². The summed E-state index contributed by atoms with van der Waals surface area (Å²) >= 11 is 0. The van der Waals surface area contributed by atoms with Crippen LogP contribution in [-0.2, 0) is 11.8 Å². The van der Waals surface area contributed by atoms with Crippen molar-refractivity contribution in [1.29, 1.82) is 0 Å². The largest absolute Gasteiger partial charge is 0.379 e. The van der Waals surface area contributed by atoms with Crippen molar-refractivity contribution in [3.05, 3.63) is 67.0 Å². The Morgan fingerprint density at radius 1 is 0.914 bits per heavy atom. The third kappa shape index (κ3) is 4.61. The molecule has 0 aliphatic carbocycles. The van der Waals surface area contributed by atoms with Gasteiger partial charge < -0.3 is 19.5 Å². The molecule has 180 valence electrons. The summed E-state index contributed by atoms with van der Waals surface area (Å²) in [5.74, 6) is 0.606. The first-order valence-corrected chi connectivity index (χ1v) is 12.6. The van der Waals surface area contributed by atoms with Crippen molar-refractivity contribution in [2.24, 2.45) is 7.05 Å². The molecule has 0 bridgehead atoms. The van der Waals surface area contributed by atoms with Gasteiger partial charge in [0.05, 0.1) is 18.9 Å². The summed E-state index contributed by atoms with van der Waals surface area (Å²) in [6.45, 7) is 6.12. The van der Waals surface area contributed by atoms with Crippen molar-refractivity contribution in [3.63, 3.8) is 0 Å². The smallest absolute Gasteiger partial charge is 0.227 e. The predicted molar refractivity (Wildman–Crippen MR) is 141 cm³/mol. The van der Waals surface area contributed by atoms with Crippen LogP contribution in [0.25, 0.3) is 22.2 Å². The van der Waals surface area contributed by atoms with Crippen molar-refractivity contribution in [2.75, 3.05) is 49.6 Å². The standard InChI is InChI=1S/C28H32N6O/c1-32-20-25(24-4-2-3-5-27(24)32)26-10-13-29-28(31-26)30-21-6-8-22(9-7-21)33-14-11-23(12-15-33)34-16-18-35-19-17-34/h2-10,13,20,23H,11-12,14-19H2,1H3,(H,29,30,31). The normalized spacial score (nSPS) is 17.7. The zero-order chi connectivity index (χ0) is 23.6. The topological polar surface area (TPSA) is 58.5 Å². The van der Waals surface area contributed by atoms with E-state index in [1.807, 2.05) is 12.3 Å². The van der Waals surface area contributed by atoms with Gasteiger partial charge in [-0.25, -0.2) is 9.97 Å². The van der Waals surface area contributed by atoms with Gasteiger partial charge in [0, 0.05) is 79.5 Å². The molecule has 2 saturated heterocycles. The number of aromatic nitrogens is 3. The molecule has 0 amide bonds. The first-order valence-electron chi connectivity index (χ1n) is 12.6. The van der Waals surface area contributed by atoms with Crippen molar-refractivity contribution >= 4 is 28.2 Å². The Hall–Kier alpha value is -3.42. The molecule has 0 radical (unpaired) electrons. The molecule has 2 aliphatic heterocycles. The van der Waals surface area contributed by atoms with Gasteiger partial charge in [-0.05, 0) is 49.2 Å². The summed E-state index contributed by atoms with van der Waals surface area (Å²) < 4.78 is 7.66. The van der Waals surface area contributed by atoms with Crippen LogP contribution in [0.5, 0.6) is 0 Å². The zero-order valence-electron chi connectivity index (χ0n) is 20.2. The number of benzene rings is 2. The van der Waals surface area contributed by atoms with Crippen molar-refractivity contribution in [2.45, 2.75) is 18.9 Å². The molecular formula is C28H32N6O. The SMILES string of the molecule is Cn1cc(-c2ccnc(Nc3ccc(N4CCC(N5CCOCC5)CC4)cc3)n2)c2ccccc21. The van der Waals surface area contributed by atoms with Crippen LogP contribution in [-0.4, -0.2) is 64.9 Å². The lowest BCUT2D eigenvalue weighted by molar-refractivity contribution is 0.0115. The quantitative estimate of drug-likeness (QED) is 0.459. The lowest BCUT2D eigenvalue weighted by atomic mass is 10.0. The number of ether oxygens (including phenoxy) is 1. The van der Waals surface area contributed by atoms with E-state index in [0.29, 0.717) is 12.0 Å². The summed E-state index contributed by atoms with van der Waals surface area (Å²) in [5, 5.41) is 4.58. The van der Waals surface area contributed by atoms with Crippen LogP contribution in [0.1, 0.15) is 12.8 Å². The highest BCUT2D eigenvalue weighted by Gasteiger charge is 2.25. The molecule has 2 aromatic heterocycles. The minimum Gasteiger partial charge on any atom is -0.379 e. The van der Waals surface area contributed by atoms with E-state index in [9.17, 15) is 0 Å². The van der Waals surface area contributed by atoms with Gasteiger partial charge in [0.15, 0.2) is 0 Å². The maximum atomic E-state index is 5.51. The molecule has 0 unspecified atom stereocenters. The average molecular weight is 469 g/mol. The van der Waals surface area contributed by atoms with E-state index in [0.717, 1.165) is 56.3 Å². The maximum Gasteiger partial charge on any atom is 0.227 e. The fourth-order valence-electron chi connectivity index (χ4n) is 5.43. The number of anilines is 3. The molecular weight excluding hydrogens is 436 g/mol. The molecule has 7 nitrogen and oxygen atoms in total. The Kier molecular flexibility index (Phi) is 6.10. The second-order valence-corrected chi connectivity index (χ2v) is 9.47. The van der Waals surface area contributed by atoms with Crippen LogP contribution in [0.3, 0.4) is 0 Å². The van der Waals surface area contributed by atoms with Crippen molar-refractivity contribution < 1.29 is 4.74 Å². The first-order chi connectivity index (χ1) is 17.2. The number of morpholine rings is 1. The number of nitrogens with one attached hydrogen (secondary N) is 1. The van der Waals surface area contributed by atoms with Gasteiger partial charge in [-0.1, -0.05) is 18.2 Å². The fraction of sp³-hybridized carbons (Fsp3) is 0.357. The third-order valence-electron chi connectivity index (χ3n) is 7.34. The molecule has 2 aromatic carbocycles. The number of aryl methyl sites for hydroxylation is 1. The molecule has 0 spiro atoms. The van der Waals surface area contributed by atoms with Crippen LogP contribution >= 0.6 is 0 Å². The maximum absolute atomic E-state index is 5.51. The summed E-state index contributed by atoms with van der Waals surface area (Å²) in [6, 6.07) is 19.7. The number of hydrogen-bond donors (Lipinski definition) is 1. The van der Waals surface area contributed by atoms with Gasteiger partial charge in [0.1, 0.15) is 0 Å². The van der Waals surface area contributed by atoms with E-state index in [-0.39, 0.29) is 0 Å². The highest BCUT2D eigenvalue weighted by Crippen LogP contribution is 2.30. The molecule has 7 heteroatoms. The fourth-order valence-corrected chi connectivity index (χ4v) is 5.43. The van der Waals surface area contributed by atoms with Gasteiger partial charge >= 0.3 is 0 Å². The number of rotatable bonds is 5. The number of para-hydroxylation sites is 1. The van der Waals surface area contributed by atoms with E-state index >= 15 is 0 Å². The Morgan fingerprint density at radius 2 is 1.69 bits per heavy atom. The van der Waals surface area contributed by atoms with E-state index in [4.69, 9.17) is 9.72 Å². The summed E-state index contributed by atoms with van der Waals surface area (Å²) in [6.07, 6.45) is 6.39. The molecule has 0 saturated carbocycles. The second kappa shape index (κ2) is 9.68. The number of nitrogens with zero attached hydrogens (tertiary/aromatic N) is 5. The molecule has 35 heavy (non-hydrogen) atoms. The van der Waals surface area contributed by atoms with E-state index in [1.54, 1.807) is 0 Å². The summed E-state index contributed by atoms with van der Waals surface area (Å²) in [4.78, 5) is 14.4. The Bertz CT molecular complexity index is 1290. The predicted octanol–water partition coefficient (Wildman–Crippen LogP) is 4.68. The second-order valence-electron chi connectivity index (χ2n) is 9.47. The monoisotopic (exact) mass is 468 g/mol. The van der Waals surface area contributed by atoms with Crippen LogP contribution in [0.2, 0.25) is 0 Å². The van der Waals surface area contributed by atoms with Gasteiger partial charge in [-0.15, -0.1) is 0 Å². The van der Waals surface area contributed by atoms with Gasteiger partial charge in [0.25, 0.3) is 0 Å². The van der Waals surface area contributed by atoms with Crippen molar-refractivity contribution in [3.8, 4) is 11.3 Å².